The molecule has 162 valence electrons. The standard InChI is InChI=1S/C23H28N6O2/c1-4-5-16(9-12-30)21-19-8-10-29(18-6-7-20-17(14-18)15-24-27-20)22(19)26-23(25-21)28(2)11-13-31-3/h4,6-7,9,12,14-16,30H,1,5,8,10-11,13H2,2-3H3,(H,24,27)/b12-9+. The third kappa shape index (κ3) is 4.11. The van der Waals surface area contributed by atoms with Crippen LogP contribution in [0.3, 0.4) is 0 Å². The third-order valence-electron chi connectivity index (χ3n) is 5.64. The van der Waals surface area contributed by atoms with Crippen LogP contribution in [0.5, 0.6) is 0 Å². The largest absolute Gasteiger partial charge is 0.516 e. The van der Waals surface area contributed by atoms with E-state index in [0.717, 1.165) is 52.9 Å². The molecule has 1 aliphatic rings. The van der Waals surface area contributed by atoms with Gasteiger partial charge >= 0.3 is 0 Å². The van der Waals surface area contributed by atoms with Crippen molar-refractivity contribution in [3.05, 3.63) is 60.6 Å². The summed E-state index contributed by atoms with van der Waals surface area (Å²) < 4.78 is 5.23. The van der Waals surface area contributed by atoms with E-state index >= 15 is 0 Å². The number of allylic oxidation sites excluding steroid dienone is 2. The van der Waals surface area contributed by atoms with Crippen molar-refractivity contribution in [2.24, 2.45) is 0 Å². The van der Waals surface area contributed by atoms with Crippen LogP contribution >= 0.6 is 0 Å². The second-order valence-electron chi connectivity index (χ2n) is 7.64. The minimum atomic E-state index is -0.0647. The molecule has 1 aromatic carbocycles. The molecule has 31 heavy (non-hydrogen) atoms. The quantitative estimate of drug-likeness (QED) is 0.401. The van der Waals surface area contributed by atoms with E-state index in [0.29, 0.717) is 25.5 Å². The second-order valence-corrected chi connectivity index (χ2v) is 7.64. The Kier molecular flexibility index (Phi) is 6.18. The summed E-state index contributed by atoms with van der Waals surface area (Å²) >= 11 is 0. The monoisotopic (exact) mass is 420 g/mol. The Bertz CT molecular complexity index is 1090. The highest BCUT2D eigenvalue weighted by Gasteiger charge is 2.30. The molecule has 0 aliphatic carbocycles. The molecule has 1 aliphatic heterocycles. The molecule has 2 N–H and O–H groups in total. The van der Waals surface area contributed by atoms with Gasteiger partial charge in [-0.15, -0.1) is 6.58 Å². The van der Waals surface area contributed by atoms with Crippen molar-refractivity contribution < 1.29 is 9.84 Å². The first-order valence-corrected chi connectivity index (χ1v) is 10.4. The molecule has 4 rings (SSSR count). The highest BCUT2D eigenvalue weighted by atomic mass is 16.5. The lowest BCUT2D eigenvalue weighted by atomic mass is 9.96. The number of hydrogen-bond donors (Lipinski definition) is 2. The van der Waals surface area contributed by atoms with Crippen LogP contribution in [-0.4, -0.2) is 59.1 Å². The maximum atomic E-state index is 9.47. The van der Waals surface area contributed by atoms with E-state index in [2.05, 4.69) is 33.8 Å². The van der Waals surface area contributed by atoms with Gasteiger partial charge in [-0.1, -0.05) is 6.08 Å². The van der Waals surface area contributed by atoms with Gasteiger partial charge in [-0.25, -0.2) is 4.98 Å². The number of benzene rings is 1. The number of nitrogens with one attached hydrogen (secondary N) is 1. The van der Waals surface area contributed by atoms with Crippen LogP contribution in [0.15, 0.2) is 49.4 Å². The molecular weight excluding hydrogens is 392 g/mol. The number of aliphatic hydroxyl groups is 1. The fraction of sp³-hybridized carbons (Fsp3) is 0.348. The van der Waals surface area contributed by atoms with Gasteiger partial charge in [-0.05, 0) is 37.1 Å². The van der Waals surface area contributed by atoms with Crippen molar-refractivity contribution in [2.75, 3.05) is 43.7 Å². The fourth-order valence-electron chi connectivity index (χ4n) is 3.99. The zero-order chi connectivity index (χ0) is 21.8. The zero-order valence-electron chi connectivity index (χ0n) is 18.0. The maximum Gasteiger partial charge on any atom is 0.227 e. The molecular formula is C23H28N6O2. The van der Waals surface area contributed by atoms with Gasteiger partial charge in [0.15, 0.2) is 0 Å². The molecule has 1 unspecified atom stereocenters. The van der Waals surface area contributed by atoms with E-state index < -0.39 is 0 Å². The zero-order valence-corrected chi connectivity index (χ0v) is 18.0. The molecule has 0 fully saturated rings. The predicted octanol–water partition coefficient (Wildman–Crippen LogP) is 3.86. The van der Waals surface area contributed by atoms with Gasteiger partial charge in [0.25, 0.3) is 0 Å². The number of methoxy groups -OCH3 is 1. The lowest BCUT2D eigenvalue weighted by Gasteiger charge is -2.24. The SMILES string of the molecule is C=CCC(/C=C/O)c1nc(N(C)CCOC)nc2c1CCN2c1ccc2[nH]ncc2c1. The average molecular weight is 421 g/mol. The van der Waals surface area contributed by atoms with Gasteiger partial charge < -0.3 is 19.6 Å². The Morgan fingerprint density at radius 2 is 2.26 bits per heavy atom. The number of H-pyrrole nitrogens is 1. The van der Waals surface area contributed by atoms with E-state index in [4.69, 9.17) is 14.7 Å². The number of rotatable bonds is 9. The van der Waals surface area contributed by atoms with Gasteiger partial charge in [0.05, 0.1) is 30.3 Å². The Labute approximate surface area is 181 Å². The first-order valence-electron chi connectivity index (χ1n) is 10.4. The second kappa shape index (κ2) is 9.18. The fourth-order valence-corrected chi connectivity index (χ4v) is 3.99. The highest BCUT2D eigenvalue weighted by molar-refractivity contribution is 5.84. The predicted molar refractivity (Wildman–Crippen MR) is 123 cm³/mol. The molecule has 0 spiro atoms. The molecule has 0 amide bonds. The normalized spacial score (nSPS) is 14.3. The van der Waals surface area contributed by atoms with E-state index in [1.165, 1.54) is 0 Å². The number of anilines is 3. The summed E-state index contributed by atoms with van der Waals surface area (Å²) in [6.45, 7) is 5.96. The van der Waals surface area contributed by atoms with Crippen LogP contribution in [0.2, 0.25) is 0 Å². The number of ether oxygens (including phenoxy) is 1. The van der Waals surface area contributed by atoms with Crippen LogP contribution in [0.1, 0.15) is 23.6 Å². The number of aromatic nitrogens is 4. The van der Waals surface area contributed by atoms with Gasteiger partial charge in [0.1, 0.15) is 5.82 Å². The third-order valence-corrected chi connectivity index (χ3v) is 5.64. The maximum absolute atomic E-state index is 9.47. The molecule has 0 radical (unpaired) electrons. The molecule has 1 atom stereocenters. The Morgan fingerprint density at radius 1 is 1.39 bits per heavy atom. The molecule has 3 heterocycles. The topological polar surface area (TPSA) is 90.4 Å². The molecule has 0 saturated heterocycles. The van der Waals surface area contributed by atoms with Crippen LogP contribution in [0.4, 0.5) is 17.5 Å². The van der Waals surface area contributed by atoms with Gasteiger partial charge in [-0.3, -0.25) is 5.10 Å². The van der Waals surface area contributed by atoms with E-state index in [9.17, 15) is 5.11 Å². The Hall–Kier alpha value is -3.39. The smallest absolute Gasteiger partial charge is 0.227 e. The summed E-state index contributed by atoms with van der Waals surface area (Å²) in [6, 6.07) is 6.25. The van der Waals surface area contributed by atoms with Crippen molar-refractivity contribution in [1.82, 2.24) is 20.2 Å². The summed E-state index contributed by atoms with van der Waals surface area (Å²) in [5.41, 5.74) is 4.12. The first kappa shape index (κ1) is 20.9. The van der Waals surface area contributed by atoms with Crippen molar-refractivity contribution in [3.8, 4) is 0 Å². The van der Waals surface area contributed by atoms with Gasteiger partial charge in [0.2, 0.25) is 5.95 Å². The molecule has 0 saturated carbocycles. The summed E-state index contributed by atoms with van der Waals surface area (Å²) in [5.74, 6) is 1.49. The Morgan fingerprint density at radius 3 is 3.03 bits per heavy atom. The highest BCUT2D eigenvalue weighted by Crippen LogP contribution is 2.39. The van der Waals surface area contributed by atoms with Crippen molar-refractivity contribution in [1.29, 1.82) is 0 Å². The number of fused-ring (bicyclic) bond motifs is 2. The molecule has 0 bridgehead atoms. The van der Waals surface area contributed by atoms with E-state index in [1.807, 2.05) is 30.3 Å². The number of aromatic amines is 1. The van der Waals surface area contributed by atoms with Gasteiger partial charge in [-0.2, -0.15) is 10.1 Å². The summed E-state index contributed by atoms with van der Waals surface area (Å²) in [5, 5.41) is 17.7. The summed E-state index contributed by atoms with van der Waals surface area (Å²) in [6.07, 6.45) is 8.07. The number of likely N-dealkylation sites (N-methyl/N-ethyl adjacent to an activating group) is 1. The molecule has 3 aromatic rings. The Balaban J connectivity index is 1.81. The average Bonchev–Trinajstić information content (AvgIpc) is 3.42. The number of aliphatic hydroxyl groups excluding tert-OH is 1. The summed E-state index contributed by atoms with van der Waals surface area (Å²) in [4.78, 5) is 14.1. The molecule has 8 nitrogen and oxygen atoms in total. The minimum absolute atomic E-state index is 0.0647. The van der Waals surface area contributed by atoms with Crippen LogP contribution in [0.25, 0.3) is 10.9 Å². The minimum Gasteiger partial charge on any atom is -0.516 e. The van der Waals surface area contributed by atoms with Gasteiger partial charge in [0, 0.05) is 49.8 Å². The van der Waals surface area contributed by atoms with E-state index in [-0.39, 0.29) is 5.92 Å². The lowest BCUT2D eigenvalue weighted by molar-refractivity contribution is 0.206. The first-order chi connectivity index (χ1) is 15.2. The molecule has 8 heteroatoms. The summed E-state index contributed by atoms with van der Waals surface area (Å²) in [7, 11) is 3.65. The van der Waals surface area contributed by atoms with Crippen molar-refractivity contribution >= 4 is 28.4 Å². The molecule has 2 aromatic heterocycles. The van der Waals surface area contributed by atoms with Crippen LogP contribution in [0, 0.1) is 0 Å². The van der Waals surface area contributed by atoms with Crippen molar-refractivity contribution in [3.63, 3.8) is 0 Å². The number of hydrogen-bond acceptors (Lipinski definition) is 7. The lowest BCUT2D eigenvalue weighted by Crippen LogP contribution is -2.26. The van der Waals surface area contributed by atoms with Crippen molar-refractivity contribution in [2.45, 2.75) is 18.8 Å². The van der Waals surface area contributed by atoms with Crippen LogP contribution in [-0.2, 0) is 11.2 Å². The van der Waals surface area contributed by atoms with E-state index in [1.54, 1.807) is 13.2 Å². The van der Waals surface area contributed by atoms with Crippen LogP contribution < -0.4 is 9.80 Å². The number of nitrogens with zero attached hydrogens (tertiary/aromatic N) is 5.